The fourth-order valence-electron chi connectivity index (χ4n) is 2.38. The minimum absolute atomic E-state index is 0.00583. The van der Waals surface area contributed by atoms with Crippen molar-refractivity contribution in [2.24, 2.45) is 0 Å². The van der Waals surface area contributed by atoms with Crippen molar-refractivity contribution >= 4 is 7.98 Å². The highest BCUT2D eigenvalue weighted by Gasteiger charge is 2.36. The molecule has 3 heteroatoms. The molecule has 0 aromatic heterocycles. The standard InChI is InChI=1S/C7H14BNO/c8-9-5-1-2-6(9)4-7(10)3-5/h5-7,10H,1-4,8H2/t5-,6?,7?/m0/s1. The van der Waals surface area contributed by atoms with Crippen LogP contribution in [0.25, 0.3) is 0 Å². The zero-order valence-electron chi connectivity index (χ0n) is 6.45. The van der Waals surface area contributed by atoms with E-state index < -0.39 is 0 Å². The van der Waals surface area contributed by atoms with Crippen LogP contribution in [0.2, 0.25) is 0 Å². The number of aliphatic hydroxyl groups is 1. The molecule has 2 saturated heterocycles. The van der Waals surface area contributed by atoms with Gasteiger partial charge < -0.3 is 9.92 Å². The summed E-state index contributed by atoms with van der Waals surface area (Å²) in [7, 11) is 2.19. The zero-order chi connectivity index (χ0) is 7.14. The molecule has 0 amide bonds. The van der Waals surface area contributed by atoms with Crippen molar-refractivity contribution in [3.63, 3.8) is 0 Å². The van der Waals surface area contributed by atoms with Gasteiger partial charge in [0.05, 0.1) is 6.10 Å². The van der Waals surface area contributed by atoms with Crippen molar-refractivity contribution in [3.05, 3.63) is 0 Å². The lowest BCUT2D eigenvalue weighted by molar-refractivity contribution is 0.0777. The molecule has 2 fully saturated rings. The molecule has 2 bridgehead atoms. The van der Waals surface area contributed by atoms with Crippen LogP contribution in [0.1, 0.15) is 25.7 Å². The summed E-state index contributed by atoms with van der Waals surface area (Å²) in [6.07, 6.45) is 4.62. The summed E-state index contributed by atoms with van der Waals surface area (Å²) >= 11 is 0. The summed E-state index contributed by atoms with van der Waals surface area (Å²) in [5.74, 6) is 0. The third-order valence-corrected chi connectivity index (χ3v) is 3.07. The molecule has 10 heavy (non-hydrogen) atoms. The van der Waals surface area contributed by atoms with Gasteiger partial charge in [0.1, 0.15) is 0 Å². The molecule has 0 radical (unpaired) electrons. The molecule has 2 heterocycles. The maximum Gasteiger partial charge on any atom is 0.186 e. The Bertz CT molecular complexity index is 128. The van der Waals surface area contributed by atoms with Crippen LogP contribution in [0.4, 0.5) is 0 Å². The van der Waals surface area contributed by atoms with E-state index in [0.717, 1.165) is 12.8 Å². The number of fused-ring (bicyclic) bond motifs is 2. The lowest BCUT2D eigenvalue weighted by atomic mass is 9.97. The minimum atomic E-state index is -0.00583. The second-order valence-electron chi connectivity index (χ2n) is 3.68. The quantitative estimate of drug-likeness (QED) is 0.458. The van der Waals surface area contributed by atoms with Crippen LogP contribution in [-0.2, 0) is 0 Å². The monoisotopic (exact) mass is 139 g/mol. The first-order valence-electron chi connectivity index (χ1n) is 4.17. The normalized spacial score (nSPS) is 47.9. The Hall–Kier alpha value is -0.0151. The minimum Gasteiger partial charge on any atom is -0.393 e. The van der Waals surface area contributed by atoms with Gasteiger partial charge in [-0.25, -0.2) is 0 Å². The Kier molecular flexibility index (Phi) is 1.50. The van der Waals surface area contributed by atoms with E-state index in [9.17, 15) is 5.11 Å². The van der Waals surface area contributed by atoms with E-state index in [1.807, 2.05) is 0 Å². The van der Waals surface area contributed by atoms with E-state index in [2.05, 4.69) is 12.8 Å². The van der Waals surface area contributed by atoms with E-state index in [-0.39, 0.29) is 6.10 Å². The highest BCUT2D eigenvalue weighted by atomic mass is 16.3. The van der Waals surface area contributed by atoms with Crippen molar-refractivity contribution in [2.75, 3.05) is 0 Å². The van der Waals surface area contributed by atoms with E-state index in [0.29, 0.717) is 12.1 Å². The van der Waals surface area contributed by atoms with Crippen molar-refractivity contribution in [3.8, 4) is 0 Å². The molecule has 2 aliphatic rings. The molecule has 1 N–H and O–H groups in total. The van der Waals surface area contributed by atoms with E-state index in [1.54, 1.807) is 0 Å². The highest BCUT2D eigenvalue weighted by molar-refractivity contribution is 6.05. The van der Waals surface area contributed by atoms with Crippen LogP contribution < -0.4 is 0 Å². The van der Waals surface area contributed by atoms with Crippen molar-refractivity contribution in [1.82, 2.24) is 4.81 Å². The first-order chi connectivity index (χ1) is 4.77. The number of aliphatic hydroxyl groups excluding tert-OH is 1. The van der Waals surface area contributed by atoms with Crippen LogP contribution in [0.3, 0.4) is 0 Å². The SMILES string of the molecule is BN1C2CC[C@H]1CC(O)C2. The Labute approximate surface area is 62.6 Å². The summed E-state index contributed by atoms with van der Waals surface area (Å²) in [4.78, 5) is 2.44. The summed E-state index contributed by atoms with van der Waals surface area (Å²) in [6, 6.07) is 1.38. The first kappa shape index (κ1) is 6.68. The summed E-state index contributed by atoms with van der Waals surface area (Å²) in [6.45, 7) is 0. The van der Waals surface area contributed by atoms with Gasteiger partial charge in [-0.05, 0) is 25.7 Å². The van der Waals surface area contributed by atoms with Crippen LogP contribution >= 0.6 is 0 Å². The van der Waals surface area contributed by atoms with Crippen molar-refractivity contribution in [2.45, 2.75) is 43.9 Å². The fraction of sp³-hybridized carbons (Fsp3) is 1.00. The Morgan fingerprint density at radius 1 is 1.20 bits per heavy atom. The van der Waals surface area contributed by atoms with Crippen LogP contribution in [0.5, 0.6) is 0 Å². The van der Waals surface area contributed by atoms with Crippen molar-refractivity contribution < 1.29 is 5.11 Å². The molecule has 3 atom stereocenters. The first-order valence-corrected chi connectivity index (χ1v) is 4.17. The molecular formula is C7H14BNO. The molecule has 0 aliphatic carbocycles. The fourth-order valence-corrected chi connectivity index (χ4v) is 2.38. The van der Waals surface area contributed by atoms with E-state index in [1.165, 1.54) is 12.8 Å². The van der Waals surface area contributed by atoms with Gasteiger partial charge >= 0.3 is 0 Å². The topological polar surface area (TPSA) is 23.5 Å². The maximum absolute atomic E-state index is 9.38. The maximum atomic E-state index is 9.38. The summed E-state index contributed by atoms with van der Waals surface area (Å²) in [5.41, 5.74) is 0. The second kappa shape index (κ2) is 2.24. The summed E-state index contributed by atoms with van der Waals surface area (Å²) < 4.78 is 0. The largest absolute Gasteiger partial charge is 0.393 e. The molecule has 0 spiro atoms. The number of hydrogen-bond donors (Lipinski definition) is 1. The Morgan fingerprint density at radius 2 is 1.70 bits per heavy atom. The third kappa shape index (κ3) is 0.885. The van der Waals surface area contributed by atoms with Gasteiger partial charge in [-0.15, -0.1) is 0 Å². The van der Waals surface area contributed by atoms with Gasteiger partial charge in [0.15, 0.2) is 7.98 Å². The molecule has 0 aromatic rings. The third-order valence-electron chi connectivity index (χ3n) is 3.07. The molecule has 2 aliphatic heterocycles. The van der Waals surface area contributed by atoms with Crippen LogP contribution in [0, 0.1) is 0 Å². The highest BCUT2D eigenvalue weighted by Crippen LogP contribution is 2.33. The molecular weight excluding hydrogens is 125 g/mol. The molecule has 2 unspecified atom stereocenters. The van der Waals surface area contributed by atoms with Crippen LogP contribution in [-0.4, -0.2) is 36.1 Å². The van der Waals surface area contributed by atoms with Gasteiger partial charge in [0, 0.05) is 12.1 Å². The number of rotatable bonds is 0. The van der Waals surface area contributed by atoms with Crippen molar-refractivity contribution in [1.29, 1.82) is 0 Å². The lowest BCUT2D eigenvalue weighted by Gasteiger charge is -2.34. The van der Waals surface area contributed by atoms with Crippen LogP contribution in [0.15, 0.2) is 0 Å². The molecule has 0 aromatic carbocycles. The van der Waals surface area contributed by atoms with Gasteiger partial charge in [-0.2, -0.15) is 0 Å². The zero-order valence-corrected chi connectivity index (χ0v) is 6.45. The van der Waals surface area contributed by atoms with Gasteiger partial charge in [-0.3, -0.25) is 0 Å². The predicted molar refractivity (Wildman–Crippen MR) is 42.4 cm³/mol. The van der Waals surface area contributed by atoms with Gasteiger partial charge in [-0.1, -0.05) is 0 Å². The molecule has 0 saturated carbocycles. The molecule has 2 rings (SSSR count). The van der Waals surface area contributed by atoms with Gasteiger partial charge in [0.25, 0.3) is 0 Å². The van der Waals surface area contributed by atoms with E-state index in [4.69, 9.17) is 0 Å². The number of hydrogen-bond acceptors (Lipinski definition) is 2. The lowest BCUT2D eigenvalue weighted by Crippen LogP contribution is -2.42. The Morgan fingerprint density at radius 3 is 2.20 bits per heavy atom. The van der Waals surface area contributed by atoms with Gasteiger partial charge in [0.2, 0.25) is 0 Å². The predicted octanol–water partition coefficient (Wildman–Crippen LogP) is -0.478. The molecule has 56 valence electrons. The summed E-state index contributed by atoms with van der Waals surface area (Å²) in [5, 5.41) is 9.38. The smallest absolute Gasteiger partial charge is 0.186 e. The second-order valence-corrected chi connectivity index (χ2v) is 3.68. The average molecular weight is 139 g/mol. The number of nitrogens with zero attached hydrogens (tertiary/aromatic N) is 1. The van der Waals surface area contributed by atoms with E-state index >= 15 is 0 Å². The number of piperidine rings is 1. The Balaban J connectivity index is 2.09. The molecule has 2 nitrogen and oxygen atoms in total. The average Bonchev–Trinajstić information content (AvgIpc) is 2.20.